The normalized spacial score (nSPS) is 16.1. The summed E-state index contributed by atoms with van der Waals surface area (Å²) in [6.45, 7) is 12.4. The van der Waals surface area contributed by atoms with E-state index in [9.17, 15) is 26.4 Å². The Morgan fingerprint density at radius 3 is 1.79 bits per heavy atom. The van der Waals surface area contributed by atoms with Gasteiger partial charge in [0.15, 0.2) is 11.5 Å². The molecule has 0 saturated heterocycles. The SMILES string of the molecule is Cc1ccc(S(=O)(=O)Oc2ccc(/C=C3\N=C(c4ccccc4)C(C(C)C)N(C(=O)OC(C)(C)C)C3=O)cc2OS(=O)(=O)c2ccc(C)cc2)cc1. The fourth-order valence-electron chi connectivity index (χ4n) is 5.32. The Hall–Kier alpha value is -5.27. The van der Waals surface area contributed by atoms with Crippen molar-refractivity contribution in [2.24, 2.45) is 10.9 Å². The number of amides is 2. The molecule has 0 radical (unpaired) electrons. The maximum atomic E-state index is 14.1. The Kier molecular flexibility index (Phi) is 10.8. The Morgan fingerprint density at radius 2 is 1.29 bits per heavy atom. The van der Waals surface area contributed by atoms with Gasteiger partial charge in [-0.2, -0.15) is 16.8 Å². The van der Waals surface area contributed by atoms with Crippen molar-refractivity contribution in [2.45, 2.75) is 69.9 Å². The molecule has 0 N–H and O–H groups in total. The number of carbonyl (C=O) groups excluding carboxylic acids is 2. The number of carbonyl (C=O) groups is 2. The van der Waals surface area contributed by atoms with Crippen molar-refractivity contribution >= 4 is 44.0 Å². The van der Waals surface area contributed by atoms with E-state index < -0.39 is 55.4 Å². The second kappa shape index (κ2) is 14.8. The molecule has 0 spiro atoms. The standard InChI is InChI=1S/C39H40N2O9S2/c1-25(2)36-35(29-11-9-8-10-12-29)40-32(37(42)41(36)38(43)48-39(5,6)7)23-28-17-22-33(49-51(44,45)30-18-13-26(3)14-19-30)34(24-28)50-52(46,47)31-20-15-27(4)16-21-31/h8-25,36H,1-7H3/b32-23-. The first-order valence-corrected chi connectivity index (χ1v) is 19.2. The number of rotatable bonds is 9. The van der Waals surface area contributed by atoms with Crippen molar-refractivity contribution in [2.75, 3.05) is 0 Å². The topological polar surface area (TPSA) is 146 Å². The van der Waals surface area contributed by atoms with Crippen molar-refractivity contribution in [3.8, 4) is 11.5 Å². The molecule has 1 heterocycles. The summed E-state index contributed by atoms with van der Waals surface area (Å²) in [7, 11) is -8.93. The molecule has 1 unspecified atom stereocenters. The molecule has 52 heavy (non-hydrogen) atoms. The quantitative estimate of drug-likeness (QED) is 0.126. The molecule has 4 aromatic rings. The molecule has 1 aliphatic rings. The summed E-state index contributed by atoms with van der Waals surface area (Å²) in [5.41, 5.74) is 1.88. The van der Waals surface area contributed by atoms with Crippen molar-refractivity contribution in [1.82, 2.24) is 4.90 Å². The molecule has 11 nitrogen and oxygen atoms in total. The summed E-state index contributed by atoms with van der Waals surface area (Å²) < 4.78 is 70.1. The molecule has 0 aliphatic carbocycles. The van der Waals surface area contributed by atoms with Crippen molar-refractivity contribution in [3.05, 3.63) is 125 Å². The van der Waals surface area contributed by atoms with Gasteiger partial charge in [-0.1, -0.05) is 85.6 Å². The van der Waals surface area contributed by atoms with Gasteiger partial charge in [0, 0.05) is 0 Å². The van der Waals surface area contributed by atoms with Gasteiger partial charge in [-0.05, 0) is 94.1 Å². The number of hydrogen-bond acceptors (Lipinski definition) is 10. The Balaban J connectivity index is 1.65. The predicted molar refractivity (Wildman–Crippen MR) is 197 cm³/mol. The highest BCUT2D eigenvalue weighted by atomic mass is 32.2. The molecule has 4 aromatic carbocycles. The molecule has 5 rings (SSSR count). The van der Waals surface area contributed by atoms with E-state index in [-0.39, 0.29) is 27.0 Å². The van der Waals surface area contributed by atoms with Crippen LogP contribution < -0.4 is 8.37 Å². The lowest BCUT2D eigenvalue weighted by Crippen LogP contribution is -2.55. The van der Waals surface area contributed by atoms with Crippen LogP contribution in [0.1, 0.15) is 56.9 Å². The van der Waals surface area contributed by atoms with E-state index in [0.29, 0.717) is 11.3 Å². The van der Waals surface area contributed by atoms with Crippen LogP contribution in [0.4, 0.5) is 4.79 Å². The third-order valence-corrected chi connectivity index (χ3v) is 10.3. The van der Waals surface area contributed by atoms with Crippen LogP contribution in [0.2, 0.25) is 0 Å². The Labute approximate surface area is 304 Å². The van der Waals surface area contributed by atoms with Crippen LogP contribution in [0, 0.1) is 19.8 Å². The monoisotopic (exact) mass is 744 g/mol. The summed E-state index contributed by atoms with van der Waals surface area (Å²) in [5, 5.41) is 0. The van der Waals surface area contributed by atoms with Crippen molar-refractivity contribution < 1.29 is 39.5 Å². The van der Waals surface area contributed by atoms with Crippen LogP contribution >= 0.6 is 0 Å². The van der Waals surface area contributed by atoms with Crippen LogP contribution in [-0.4, -0.2) is 51.1 Å². The highest BCUT2D eigenvalue weighted by Gasteiger charge is 2.43. The van der Waals surface area contributed by atoms with E-state index in [0.717, 1.165) is 16.0 Å². The Morgan fingerprint density at radius 1 is 0.769 bits per heavy atom. The zero-order chi connectivity index (χ0) is 38.0. The van der Waals surface area contributed by atoms with Gasteiger partial charge in [0.1, 0.15) is 21.1 Å². The van der Waals surface area contributed by atoms with Gasteiger partial charge in [0.2, 0.25) is 0 Å². The highest BCUT2D eigenvalue weighted by molar-refractivity contribution is 7.87. The van der Waals surface area contributed by atoms with Crippen molar-refractivity contribution in [1.29, 1.82) is 0 Å². The summed E-state index contributed by atoms with van der Waals surface area (Å²) in [6.07, 6.45) is 0.492. The van der Waals surface area contributed by atoms with E-state index in [1.807, 2.05) is 44.2 Å². The second-order valence-corrected chi connectivity index (χ2v) is 16.7. The van der Waals surface area contributed by atoms with Gasteiger partial charge in [-0.25, -0.2) is 14.7 Å². The molecule has 1 aliphatic heterocycles. The fraction of sp³-hybridized carbons (Fsp3) is 0.256. The molecule has 0 bridgehead atoms. The number of benzene rings is 4. The van der Waals surface area contributed by atoms with Crippen molar-refractivity contribution in [3.63, 3.8) is 0 Å². The molecular weight excluding hydrogens is 705 g/mol. The van der Waals surface area contributed by atoms with E-state index >= 15 is 0 Å². The summed E-state index contributed by atoms with van der Waals surface area (Å²) in [4.78, 5) is 33.2. The lowest BCUT2D eigenvalue weighted by atomic mass is 9.90. The fourth-order valence-corrected chi connectivity index (χ4v) is 7.20. The number of hydrogen-bond donors (Lipinski definition) is 0. The largest absolute Gasteiger partial charge is 0.443 e. The molecule has 272 valence electrons. The number of aliphatic imine (C=N–C) groups is 1. The van der Waals surface area contributed by atoms with E-state index in [2.05, 4.69) is 0 Å². The summed E-state index contributed by atoms with van der Waals surface area (Å²) >= 11 is 0. The second-order valence-electron chi connectivity index (χ2n) is 13.6. The molecule has 0 fully saturated rings. The van der Waals surface area contributed by atoms with Gasteiger partial charge < -0.3 is 13.1 Å². The first-order chi connectivity index (χ1) is 24.3. The van der Waals surface area contributed by atoms with Crippen LogP contribution in [0.5, 0.6) is 11.5 Å². The Bertz CT molecular complexity index is 2260. The molecule has 0 aromatic heterocycles. The van der Waals surface area contributed by atoms with Gasteiger partial charge in [-0.3, -0.25) is 4.79 Å². The van der Waals surface area contributed by atoms with Crippen LogP contribution in [0.25, 0.3) is 6.08 Å². The minimum Gasteiger partial charge on any atom is -0.443 e. The lowest BCUT2D eigenvalue weighted by Gasteiger charge is -2.38. The molecule has 2 amide bonds. The van der Waals surface area contributed by atoms with Crippen LogP contribution in [0.15, 0.2) is 118 Å². The van der Waals surface area contributed by atoms with Crippen LogP contribution in [-0.2, 0) is 29.8 Å². The van der Waals surface area contributed by atoms with E-state index in [1.54, 1.807) is 58.9 Å². The molecule has 13 heteroatoms. The number of nitrogens with zero attached hydrogens (tertiary/aromatic N) is 2. The number of aryl methyl sites for hydroxylation is 2. The number of imide groups is 1. The van der Waals surface area contributed by atoms with E-state index in [1.165, 1.54) is 48.5 Å². The first-order valence-electron chi connectivity index (χ1n) is 16.4. The predicted octanol–water partition coefficient (Wildman–Crippen LogP) is 7.47. The van der Waals surface area contributed by atoms with Gasteiger partial charge in [0.25, 0.3) is 5.91 Å². The third kappa shape index (κ3) is 8.78. The maximum absolute atomic E-state index is 14.1. The number of ether oxygens (including phenoxy) is 1. The van der Waals surface area contributed by atoms with Gasteiger partial charge in [0.05, 0.1) is 11.8 Å². The summed E-state index contributed by atoms with van der Waals surface area (Å²) in [6, 6.07) is 24.0. The lowest BCUT2D eigenvalue weighted by molar-refractivity contribution is -0.128. The molecule has 1 atom stereocenters. The van der Waals surface area contributed by atoms with Crippen LogP contribution in [0.3, 0.4) is 0 Å². The zero-order valence-corrected chi connectivity index (χ0v) is 31.5. The average molecular weight is 745 g/mol. The molecular formula is C39H40N2O9S2. The average Bonchev–Trinajstić information content (AvgIpc) is 3.06. The third-order valence-electron chi connectivity index (χ3n) is 7.82. The minimum absolute atomic E-state index is 0.158. The minimum atomic E-state index is -4.50. The highest BCUT2D eigenvalue weighted by Crippen LogP contribution is 2.35. The smallest absolute Gasteiger partial charge is 0.418 e. The van der Waals surface area contributed by atoms with Gasteiger partial charge >= 0.3 is 26.3 Å². The molecule has 0 saturated carbocycles. The van der Waals surface area contributed by atoms with Gasteiger partial charge in [-0.15, -0.1) is 0 Å². The zero-order valence-electron chi connectivity index (χ0n) is 29.9. The maximum Gasteiger partial charge on any atom is 0.418 e. The summed E-state index contributed by atoms with van der Waals surface area (Å²) in [5.74, 6) is -1.89. The first kappa shape index (κ1) is 38.0. The van der Waals surface area contributed by atoms with E-state index in [4.69, 9.17) is 18.1 Å².